The van der Waals surface area contributed by atoms with Crippen molar-refractivity contribution in [3.05, 3.63) is 40.3 Å². The Bertz CT molecular complexity index is 685. The molecule has 0 N–H and O–H groups in total. The molecule has 126 valence electrons. The highest BCUT2D eigenvalue weighted by atomic mass is 16.7. The Morgan fingerprint density at radius 2 is 1.92 bits per heavy atom. The van der Waals surface area contributed by atoms with Crippen molar-refractivity contribution in [1.29, 1.82) is 0 Å². The Balaban J connectivity index is 1.73. The zero-order valence-corrected chi connectivity index (χ0v) is 13.8. The van der Waals surface area contributed by atoms with Crippen molar-refractivity contribution in [2.24, 2.45) is 5.18 Å². The van der Waals surface area contributed by atoms with E-state index in [1.165, 1.54) is 0 Å². The van der Waals surface area contributed by atoms with Gasteiger partial charge in [0, 0.05) is 18.4 Å². The van der Waals surface area contributed by atoms with E-state index in [1.807, 2.05) is 25.1 Å². The number of nitroso groups, excluding NO2 is 1. The molecule has 1 aliphatic carbocycles. The zero-order chi connectivity index (χ0) is 17.0. The number of Topliss-reactive ketones (excluding diaryl/α,β-unsaturated/α-hetero) is 1. The molecule has 1 aliphatic heterocycles. The monoisotopic (exact) mass is 327 g/mol. The van der Waals surface area contributed by atoms with Crippen LogP contribution in [-0.2, 0) is 15.9 Å². The summed E-state index contributed by atoms with van der Waals surface area (Å²) in [4.78, 5) is 23.7. The third kappa shape index (κ3) is 3.40. The van der Waals surface area contributed by atoms with Gasteiger partial charge in [0.25, 0.3) is 0 Å². The predicted octanol–water partition coefficient (Wildman–Crippen LogP) is 3.26. The number of aryl methyl sites for hydroxylation is 1. The molecule has 1 saturated heterocycles. The van der Waals surface area contributed by atoms with Gasteiger partial charge in [0.1, 0.15) is 0 Å². The SMILES string of the molecule is CCc1cccc(C(=O)C#CC2(N=O)CCC3(CC2)OCCO3)c1. The maximum absolute atomic E-state index is 12.3. The molecule has 0 unspecified atom stereocenters. The van der Waals surface area contributed by atoms with Gasteiger partial charge >= 0.3 is 0 Å². The number of hydrogen-bond acceptors (Lipinski definition) is 5. The number of rotatable bonds is 3. The third-order valence-corrected chi connectivity index (χ3v) is 4.83. The van der Waals surface area contributed by atoms with Crippen molar-refractivity contribution in [3.8, 4) is 11.8 Å². The number of hydrogen-bond donors (Lipinski definition) is 0. The van der Waals surface area contributed by atoms with Gasteiger partial charge in [-0.3, -0.25) is 4.79 Å². The minimum absolute atomic E-state index is 0.276. The minimum Gasteiger partial charge on any atom is -0.348 e. The predicted molar refractivity (Wildman–Crippen MR) is 89.6 cm³/mol. The fraction of sp³-hybridized carbons (Fsp3) is 0.526. The normalized spacial score (nSPS) is 21.0. The van der Waals surface area contributed by atoms with Gasteiger partial charge in [-0.05, 0) is 36.8 Å². The lowest BCUT2D eigenvalue weighted by Gasteiger charge is -2.36. The molecule has 0 bridgehead atoms. The van der Waals surface area contributed by atoms with Crippen LogP contribution >= 0.6 is 0 Å². The summed E-state index contributed by atoms with van der Waals surface area (Å²) in [6, 6.07) is 7.41. The molecule has 24 heavy (non-hydrogen) atoms. The van der Waals surface area contributed by atoms with Crippen LogP contribution in [0.15, 0.2) is 29.4 Å². The van der Waals surface area contributed by atoms with Gasteiger partial charge in [-0.15, -0.1) is 4.91 Å². The number of carbonyl (C=O) groups excluding carboxylic acids is 1. The Kier molecular flexibility index (Phi) is 4.79. The van der Waals surface area contributed by atoms with Gasteiger partial charge in [-0.1, -0.05) is 36.2 Å². The summed E-state index contributed by atoms with van der Waals surface area (Å²) < 4.78 is 11.3. The van der Waals surface area contributed by atoms with Gasteiger partial charge in [-0.2, -0.15) is 0 Å². The maximum atomic E-state index is 12.3. The fourth-order valence-corrected chi connectivity index (χ4v) is 3.25. The minimum atomic E-state index is -1.02. The van der Waals surface area contributed by atoms with Gasteiger partial charge in [-0.25, -0.2) is 0 Å². The van der Waals surface area contributed by atoms with Crippen LogP contribution in [0.2, 0.25) is 0 Å². The Morgan fingerprint density at radius 3 is 2.54 bits per heavy atom. The summed E-state index contributed by atoms with van der Waals surface area (Å²) in [5.41, 5.74) is 0.622. The first-order chi connectivity index (χ1) is 11.6. The molecule has 1 aromatic rings. The number of benzene rings is 1. The lowest BCUT2D eigenvalue weighted by molar-refractivity contribution is -0.181. The van der Waals surface area contributed by atoms with Gasteiger partial charge in [0.2, 0.25) is 5.78 Å². The molecule has 0 aromatic heterocycles. The Labute approximate surface area is 141 Å². The fourth-order valence-electron chi connectivity index (χ4n) is 3.25. The first kappa shape index (κ1) is 16.8. The zero-order valence-electron chi connectivity index (χ0n) is 13.8. The van der Waals surface area contributed by atoms with Crippen LogP contribution in [0.3, 0.4) is 0 Å². The van der Waals surface area contributed by atoms with Crippen LogP contribution in [0, 0.1) is 16.7 Å². The van der Waals surface area contributed by atoms with Crippen LogP contribution in [-0.4, -0.2) is 30.3 Å². The summed E-state index contributed by atoms with van der Waals surface area (Å²) >= 11 is 0. The van der Waals surface area contributed by atoms with Crippen molar-refractivity contribution >= 4 is 5.78 Å². The van der Waals surface area contributed by atoms with Crippen LogP contribution < -0.4 is 0 Å². The van der Waals surface area contributed by atoms with E-state index in [9.17, 15) is 9.70 Å². The summed E-state index contributed by atoms with van der Waals surface area (Å²) in [6.07, 6.45) is 2.91. The quantitative estimate of drug-likeness (QED) is 0.370. The molecule has 1 spiro atoms. The maximum Gasteiger partial charge on any atom is 0.235 e. The smallest absolute Gasteiger partial charge is 0.235 e. The highest BCUT2D eigenvalue weighted by molar-refractivity contribution is 6.09. The molecule has 2 fully saturated rings. The number of ketones is 1. The van der Waals surface area contributed by atoms with E-state index in [0.717, 1.165) is 12.0 Å². The van der Waals surface area contributed by atoms with Crippen LogP contribution in [0.4, 0.5) is 0 Å². The third-order valence-electron chi connectivity index (χ3n) is 4.83. The molecule has 1 aromatic carbocycles. The van der Waals surface area contributed by atoms with Crippen molar-refractivity contribution < 1.29 is 14.3 Å². The molecular formula is C19H21NO4. The molecule has 2 aliphatic rings. The number of ether oxygens (including phenoxy) is 2. The largest absolute Gasteiger partial charge is 0.348 e. The van der Waals surface area contributed by atoms with E-state index in [-0.39, 0.29) is 5.78 Å². The van der Waals surface area contributed by atoms with E-state index in [4.69, 9.17) is 9.47 Å². The van der Waals surface area contributed by atoms with Gasteiger partial charge < -0.3 is 9.47 Å². The number of carbonyl (C=O) groups is 1. The summed E-state index contributed by atoms with van der Waals surface area (Å²) in [6.45, 7) is 3.20. The van der Waals surface area contributed by atoms with Gasteiger partial charge in [0.05, 0.1) is 13.2 Å². The summed E-state index contributed by atoms with van der Waals surface area (Å²) in [7, 11) is 0. The van der Waals surface area contributed by atoms with E-state index in [0.29, 0.717) is 44.5 Å². The van der Waals surface area contributed by atoms with E-state index in [1.54, 1.807) is 6.07 Å². The van der Waals surface area contributed by atoms with Crippen LogP contribution in [0.5, 0.6) is 0 Å². The second-order valence-corrected chi connectivity index (χ2v) is 6.36. The Hall–Kier alpha value is -2.03. The second-order valence-electron chi connectivity index (χ2n) is 6.36. The van der Waals surface area contributed by atoms with Gasteiger partial charge in [0.15, 0.2) is 11.3 Å². The van der Waals surface area contributed by atoms with Crippen molar-refractivity contribution in [2.45, 2.75) is 50.4 Å². The molecule has 0 atom stereocenters. The highest BCUT2D eigenvalue weighted by Crippen LogP contribution is 2.41. The summed E-state index contributed by atoms with van der Waals surface area (Å²) in [5, 5.41) is 3.25. The van der Waals surface area contributed by atoms with E-state index >= 15 is 0 Å². The molecular weight excluding hydrogens is 306 g/mol. The molecule has 5 heteroatoms. The first-order valence-electron chi connectivity index (χ1n) is 8.39. The van der Waals surface area contributed by atoms with Crippen molar-refractivity contribution in [2.75, 3.05) is 13.2 Å². The molecule has 5 nitrogen and oxygen atoms in total. The lowest BCUT2D eigenvalue weighted by atomic mass is 9.79. The topological polar surface area (TPSA) is 65.0 Å². The van der Waals surface area contributed by atoms with Crippen molar-refractivity contribution in [3.63, 3.8) is 0 Å². The van der Waals surface area contributed by atoms with E-state index in [2.05, 4.69) is 17.0 Å². The number of nitrogens with zero attached hydrogens (tertiary/aromatic N) is 1. The highest BCUT2D eigenvalue weighted by Gasteiger charge is 2.46. The standard InChI is InChI=1S/C19H21NO4/c1-2-15-4-3-5-16(14-15)17(21)6-7-18(20-22)8-10-19(11-9-18)23-12-13-24-19/h3-5,14H,2,8-13H2,1H3. The summed E-state index contributed by atoms with van der Waals surface area (Å²) in [5.74, 6) is 4.61. The average molecular weight is 327 g/mol. The molecule has 0 radical (unpaired) electrons. The average Bonchev–Trinajstić information content (AvgIpc) is 3.10. The van der Waals surface area contributed by atoms with Crippen molar-refractivity contribution in [1.82, 2.24) is 0 Å². The first-order valence-corrected chi connectivity index (χ1v) is 8.39. The van der Waals surface area contributed by atoms with E-state index < -0.39 is 11.3 Å². The molecule has 3 rings (SSSR count). The second kappa shape index (κ2) is 6.84. The van der Waals surface area contributed by atoms with Crippen LogP contribution in [0.25, 0.3) is 0 Å². The molecule has 0 amide bonds. The lowest BCUT2D eigenvalue weighted by Crippen LogP contribution is -2.41. The Morgan fingerprint density at radius 1 is 1.21 bits per heavy atom. The molecule has 1 heterocycles. The van der Waals surface area contributed by atoms with Crippen LogP contribution in [0.1, 0.15) is 48.5 Å². The molecule has 1 saturated carbocycles.